The van der Waals surface area contributed by atoms with Crippen LogP contribution in [0.1, 0.15) is 53.5 Å². The van der Waals surface area contributed by atoms with E-state index in [-0.39, 0.29) is 11.3 Å². The van der Waals surface area contributed by atoms with Gasteiger partial charge in [0.25, 0.3) is 5.56 Å². The van der Waals surface area contributed by atoms with Crippen LogP contribution in [0.3, 0.4) is 0 Å². The Morgan fingerprint density at radius 3 is 2.12 bits per heavy atom. The lowest BCUT2D eigenvalue weighted by atomic mass is 10.00. The minimum atomic E-state index is -0.467. The number of aryl methyl sites for hydroxylation is 1. The smallest absolute Gasteiger partial charge is 0.314 e. The summed E-state index contributed by atoms with van der Waals surface area (Å²) in [5.74, 6) is 0.132. The minimum absolute atomic E-state index is 0.132. The zero-order valence-electron chi connectivity index (χ0n) is 15.8. The quantitative estimate of drug-likeness (QED) is 0.648. The van der Waals surface area contributed by atoms with Gasteiger partial charge in [0, 0.05) is 17.3 Å². The molecule has 0 bridgehead atoms. The van der Waals surface area contributed by atoms with Crippen LogP contribution in [0.2, 0.25) is 0 Å². The van der Waals surface area contributed by atoms with Gasteiger partial charge in [0.15, 0.2) is 5.78 Å². The van der Waals surface area contributed by atoms with E-state index in [2.05, 4.69) is 16.9 Å². The molecule has 0 atom stereocenters. The molecule has 2 N–H and O–H groups in total. The van der Waals surface area contributed by atoms with Crippen LogP contribution in [-0.4, -0.2) is 15.8 Å². The van der Waals surface area contributed by atoms with E-state index in [0.29, 0.717) is 5.56 Å². The Morgan fingerprint density at radius 1 is 1.21 bits per heavy atom. The first-order chi connectivity index (χ1) is 11.4. The highest BCUT2D eigenvalue weighted by Crippen LogP contribution is 2.14. The van der Waals surface area contributed by atoms with E-state index < -0.39 is 5.69 Å². The molecule has 0 aliphatic heterocycles. The number of rotatable bonds is 4. The molecule has 1 aromatic heterocycles. The van der Waals surface area contributed by atoms with Crippen molar-refractivity contribution in [2.45, 2.75) is 54.9 Å². The van der Waals surface area contributed by atoms with Gasteiger partial charge in [-0.3, -0.25) is 14.6 Å². The van der Waals surface area contributed by atoms with E-state index in [0.717, 1.165) is 17.6 Å². The number of aromatic amines is 2. The van der Waals surface area contributed by atoms with Crippen LogP contribution in [0.4, 0.5) is 0 Å². The van der Waals surface area contributed by atoms with Gasteiger partial charge >= 0.3 is 5.69 Å². The first-order valence-electron chi connectivity index (χ1n) is 8.15. The fourth-order valence-corrected chi connectivity index (χ4v) is 1.67. The summed E-state index contributed by atoms with van der Waals surface area (Å²) in [7, 11) is 0. The molecule has 5 nitrogen and oxygen atoms in total. The Kier molecular flexibility index (Phi) is 14.1. The molecule has 0 spiro atoms. The van der Waals surface area contributed by atoms with Gasteiger partial charge in [-0.25, -0.2) is 4.79 Å². The van der Waals surface area contributed by atoms with Crippen molar-refractivity contribution < 1.29 is 4.79 Å². The van der Waals surface area contributed by atoms with Gasteiger partial charge in [0.05, 0.1) is 0 Å². The average Bonchev–Trinajstić information content (AvgIpc) is 2.57. The molecule has 0 saturated heterocycles. The number of H-pyrrole nitrogens is 2. The average molecular weight is 334 g/mol. The molecule has 0 aliphatic carbocycles. The van der Waals surface area contributed by atoms with Gasteiger partial charge < -0.3 is 4.98 Å². The number of hydrogen-bond donors (Lipinski definition) is 2. The van der Waals surface area contributed by atoms with Crippen LogP contribution in [0.15, 0.2) is 51.2 Å². The minimum Gasteiger partial charge on any atom is -0.314 e. The topological polar surface area (TPSA) is 82.8 Å². The van der Waals surface area contributed by atoms with Crippen molar-refractivity contribution >= 4 is 5.78 Å². The number of ketones is 1. The molecule has 1 rings (SSSR count). The second kappa shape index (κ2) is 14.2. The Hall–Kier alpha value is -2.43. The molecule has 1 heterocycles. The first-order valence-corrected chi connectivity index (χ1v) is 8.15. The lowest BCUT2D eigenvalue weighted by Gasteiger charge is -2.04. The van der Waals surface area contributed by atoms with Crippen LogP contribution in [0.5, 0.6) is 0 Å². The third-order valence-electron chi connectivity index (χ3n) is 2.91. The Balaban J connectivity index is 0. The fourth-order valence-electron chi connectivity index (χ4n) is 1.67. The number of nitrogens with one attached hydrogen (secondary N) is 2. The van der Waals surface area contributed by atoms with E-state index in [1.807, 2.05) is 52.0 Å². The third-order valence-corrected chi connectivity index (χ3v) is 2.91. The molecule has 0 aromatic carbocycles. The number of allylic oxidation sites excluding steroid dienone is 6. The van der Waals surface area contributed by atoms with Crippen LogP contribution < -0.4 is 11.2 Å². The summed E-state index contributed by atoms with van der Waals surface area (Å²) in [4.78, 5) is 36.6. The zero-order valence-corrected chi connectivity index (χ0v) is 15.8. The molecule has 0 amide bonds. The van der Waals surface area contributed by atoms with Crippen molar-refractivity contribution in [1.29, 1.82) is 0 Å². The maximum Gasteiger partial charge on any atom is 0.325 e. The first kappa shape index (κ1) is 23.8. The molecular weight excluding hydrogens is 304 g/mol. The van der Waals surface area contributed by atoms with E-state index in [1.165, 1.54) is 6.20 Å². The van der Waals surface area contributed by atoms with Gasteiger partial charge in [-0.2, -0.15) is 0 Å². The van der Waals surface area contributed by atoms with Crippen LogP contribution in [0.25, 0.3) is 0 Å². The van der Waals surface area contributed by atoms with E-state index in [4.69, 9.17) is 0 Å². The van der Waals surface area contributed by atoms with Crippen molar-refractivity contribution in [3.05, 3.63) is 68.0 Å². The van der Waals surface area contributed by atoms with E-state index >= 15 is 0 Å². The normalized spacial score (nSPS) is 11.3. The maximum absolute atomic E-state index is 11.3. The maximum atomic E-state index is 11.3. The Bertz CT molecular complexity index is 689. The number of carbonyl (C=O) groups is 1. The van der Waals surface area contributed by atoms with Gasteiger partial charge in [0.2, 0.25) is 0 Å². The summed E-state index contributed by atoms with van der Waals surface area (Å²) in [6.45, 7) is 13.2. The third kappa shape index (κ3) is 9.56. The van der Waals surface area contributed by atoms with Crippen molar-refractivity contribution in [2.75, 3.05) is 0 Å². The van der Waals surface area contributed by atoms with Crippen molar-refractivity contribution in [3.63, 3.8) is 0 Å². The van der Waals surface area contributed by atoms with Gasteiger partial charge in [0.1, 0.15) is 0 Å². The molecule has 24 heavy (non-hydrogen) atoms. The van der Waals surface area contributed by atoms with Crippen molar-refractivity contribution in [3.8, 4) is 0 Å². The number of aromatic nitrogens is 2. The second-order valence-electron chi connectivity index (χ2n) is 4.58. The van der Waals surface area contributed by atoms with Crippen LogP contribution >= 0.6 is 0 Å². The lowest BCUT2D eigenvalue weighted by molar-refractivity contribution is -0.113. The highest BCUT2D eigenvalue weighted by molar-refractivity contribution is 5.97. The molecule has 5 heteroatoms. The van der Waals surface area contributed by atoms with Crippen LogP contribution in [0, 0.1) is 6.92 Å². The molecule has 0 radical (unpaired) electrons. The van der Waals surface area contributed by atoms with Crippen molar-refractivity contribution in [2.24, 2.45) is 0 Å². The van der Waals surface area contributed by atoms with Gasteiger partial charge in [-0.15, -0.1) is 0 Å². The summed E-state index contributed by atoms with van der Waals surface area (Å²) in [5, 5.41) is 0. The highest BCUT2D eigenvalue weighted by Gasteiger charge is 2.05. The Labute approximate surface area is 144 Å². The van der Waals surface area contributed by atoms with Crippen molar-refractivity contribution in [1.82, 2.24) is 9.97 Å². The largest absolute Gasteiger partial charge is 0.325 e. The number of Topliss-reactive ketones (excluding diaryl/α,β-unsaturated/α-hetero) is 1. The van der Waals surface area contributed by atoms with Gasteiger partial charge in [-0.1, -0.05) is 45.1 Å². The highest BCUT2D eigenvalue weighted by atomic mass is 16.2. The molecule has 1 aromatic rings. The van der Waals surface area contributed by atoms with Gasteiger partial charge in [-0.05, 0) is 39.7 Å². The van der Waals surface area contributed by atoms with E-state index in [9.17, 15) is 14.4 Å². The van der Waals surface area contributed by atoms with Crippen LogP contribution in [-0.2, 0) is 4.79 Å². The SMILES string of the molecule is CC.C\C=C/C=C(C(C)=O)\C(=C/C)CC.Cc1c[nH]c(=O)[nH]c1=O. The summed E-state index contributed by atoms with van der Waals surface area (Å²) >= 11 is 0. The number of carbonyl (C=O) groups excluding carboxylic acids is 1. The summed E-state index contributed by atoms with van der Waals surface area (Å²) < 4.78 is 0. The predicted molar refractivity (Wildman–Crippen MR) is 101 cm³/mol. The molecule has 0 aliphatic rings. The van der Waals surface area contributed by atoms with E-state index in [1.54, 1.807) is 13.8 Å². The fraction of sp³-hybridized carbons (Fsp3) is 0.421. The molecule has 0 fully saturated rings. The summed E-state index contributed by atoms with van der Waals surface area (Å²) in [5.41, 5.74) is 1.65. The predicted octanol–water partition coefficient (Wildman–Crippen LogP) is 3.83. The monoisotopic (exact) mass is 334 g/mol. The Morgan fingerprint density at radius 2 is 1.79 bits per heavy atom. The standard InChI is InChI=1S/C12H18O.C5H6N2O2.C2H6/c1-5-8-9-12(10(4)13)11(6-2)7-3;1-3-2-6-5(9)7-4(3)8;1-2/h5-6,8-9H,7H2,1-4H3;2H,1H3,(H2,6,7,8,9);1-2H3/b8-5-,11-6-,12-9-;;. The molecule has 0 saturated carbocycles. The molecular formula is C19H30N2O3. The number of hydrogen-bond acceptors (Lipinski definition) is 3. The molecule has 0 unspecified atom stereocenters. The zero-order chi connectivity index (χ0) is 19.1. The lowest BCUT2D eigenvalue weighted by Crippen LogP contribution is -2.22. The molecule has 134 valence electrons. The second-order valence-corrected chi connectivity index (χ2v) is 4.58. The summed E-state index contributed by atoms with van der Waals surface area (Å²) in [6, 6.07) is 0. The summed E-state index contributed by atoms with van der Waals surface area (Å²) in [6.07, 6.45) is 9.97.